The van der Waals surface area contributed by atoms with Crippen LogP contribution in [0.1, 0.15) is 46.6 Å². The van der Waals surface area contributed by atoms with Crippen molar-refractivity contribution in [3.05, 3.63) is 54.2 Å². The molecule has 0 saturated heterocycles. The maximum atomic E-state index is 13.2. The third kappa shape index (κ3) is 2.80. The van der Waals surface area contributed by atoms with Gasteiger partial charge < -0.3 is 0 Å². The Labute approximate surface area is 180 Å². The Morgan fingerprint density at radius 1 is 0.700 bits per heavy atom. The molecule has 4 aromatic rings. The Hall–Kier alpha value is -2.32. The average molecular weight is 439 g/mol. The van der Waals surface area contributed by atoms with E-state index in [9.17, 15) is 9.59 Å². The van der Waals surface area contributed by atoms with Gasteiger partial charge in [0, 0.05) is 22.8 Å². The highest BCUT2D eigenvalue weighted by Crippen LogP contribution is 2.34. The van der Waals surface area contributed by atoms with E-state index in [2.05, 4.69) is 9.97 Å². The van der Waals surface area contributed by atoms with Crippen LogP contribution in [0, 0.1) is 0 Å². The van der Waals surface area contributed by atoms with Gasteiger partial charge in [-0.25, -0.2) is 9.97 Å². The Morgan fingerprint density at radius 3 is 1.60 bits per heavy atom. The van der Waals surface area contributed by atoms with Gasteiger partial charge in [-0.2, -0.15) is 0 Å². The first kappa shape index (κ1) is 18.4. The Balaban J connectivity index is 1.36. The van der Waals surface area contributed by atoms with Gasteiger partial charge in [-0.05, 0) is 62.5 Å². The first-order chi connectivity index (χ1) is 14.7. The molecule has 0 fully saturated rings. The third-order valence-electron chi connectivity index (χ3n) is 6.47. The van der Waals surface area contributed by atoms with E-state index in [4.69, 9.17) is 0 Å². The molecule has 6 nitrogen and oxygen atoms in total. The van der Waals surface area contributed by atoms with Crippen LogP contribution in [0.3, 0.4) is 0 Å². The van der Waals surface area contributed by atoms with Crippen LogP contribution in [0.4, 0.5) is 0 Å². The van der Waals surface area contributed by atoms with Crippen LogP contribution in [0.25, 0.3) is 20.4 Å². The fourth-order valence-electron chi connectivity index (χ4n) is 4.90. The number of hydrogen-bond donors (Lipinski definition) is 0. The zero-order chi connectivity index (χ0) is 20.2. The maximum absolute atomic E-state index is 13.2. The summed E-state index contributed by atoms with van der Waals surface area (Å²) in [6.45, 7) is 0.845. The van der Waals surface area contributed by atoms with Gasteiger partial charge in [0.2, 0.25) is 0 Å². The van der Waals surface area contributed by atoms with Crippen molar-refractivity contribution >= 4 is 43.1 Å². The Morgan fingerprint density at radius 2 is 1.13 bits per heavy atom. The highest BCUT2D eigenvalue weighted by atomic mass is 32.1. The second kappa shape index (κ2) is 7.13. The van der Waals surface area contributed by atoms with E-state index in [-0.39, 0.29) is 11.1 Å². The van der Waals surface area contributed by atoms with Crippen LogP contribution in [-0.2, 0) is 38.8 Å². The summed E-state index contributed by atoms with van der Waals surface area (Å²) in [5.74, 6) is 0. The number of aromatic nitrogens is 4. The molecule has 0 aliphatic heterocycles. The van der Waals surface area contributed by atoms with Crippen LogP contribution in [-0.4, -0.2) is 19.1 Å². The van der Waals surface area contributed by atoms with Crippen molar-refractivity contribution in [1.29, 1.82) is 0 Å². The molecule has 4 aromatic heterocycles. The van der Waals surface area contributed by atoms with Crippen molar-refractivity contribution in [3.63, 3.8) is 0 Å². The fraction of sp³-hybridized carbons (Fsp3) is 0.455. The molecular weight excluding hydrogens is 416 g/mol. The molecule has 0 N–H and O–H groups in total. The highest BCUT2D eigenvalue weighted by molar-refractivity contribution is 7.19. The van der Waals surface area contributed by atoms with Gasteiger partial charge >= 0.3 is 0 Å². The standard InChI is InChI=1S/C22H22N4O2S2/c27-21-17-13-5-1-3-7-15(13)29-19(17)23-11-25(21)9-10-26-12-24-20-18(22(26)28)14-6-2-4-8-16(14)30-20/h11-12H,1-10H2. The van der Waals surface area contributed by atoms with Crippen LogP contribution < -0.4 is 11.1 Å². The number of nitrogens with zero attached hydrogens (tertiary/aromatic N) is 4. The topological polar surface area (TPSA) is 69.8 Å². The highest BCUT2D eigenvalue weighted by Gasteiger charge is 2.21. The van der Waals surface area contributed by atoms with E-state index in [0.717, 1.165) is 59.0 Å². The number of rotatable bonds is 3. The molecule has 0 saturated carbocycles. The van der Waals surface area contributed by atoms with Gasteiger partial charge in [0.25, 0.3) is 11.1 Å². The Bertz CT molecular complexity index is 1300. The zero-order valence-corrected chi connectivity index (χ0v) is 18.3. The summed E-state index contributed by atoms with van der Waals surface area (Å²) in [4.78, 5) is 39.8. The van der Waals surface area contributed by atoms with E-state index < -0.39 is 0 Å². The van der Waals surface area contributed by atoms with Crippen molar-refractivity contribution in [2.45, 2.75) is 64.5 Å². The fourth-order valence-corrected chi connectivity index (χ4v) is 7.34. The minimum atomic E-state index is 0.0226. The molecule has 154 valence electrons. The molecule has 6 rings (SSSR count). The number of thiophene rings is 2. The monoisotopic (exact) mass is 438 g/mol. The Kier molecular flexibility index (Phi) is 4.38. The molecule has 0 amide bonds. The predicted molar refractivity (Wildman–Crippen MR) is 121 cm³/mol. The molecular formula is C22H22N4O2S2. The predicted octanol–water partition coefficient (Wildman–Crippen LogP) is 3.69. The van der Waals surface area contributed by atoms with E-state index in [1.54, 1.807) is 44.5 Å². The lowest BCUT2D eigenvalue weighted by atomic mass is 9.97. The van der Waals surface area contributed by atoms with Gasteiger partial charge in [-0.3, -0.25) is 18.7 Å². The van der Waals surface area contributed by atoms with Crippen LogP contribution in [0.2, 0.25) is 0 Å². The second-order valence-electron chi connectivity index (χ2n) is 8.27. The van der Waals surface area contributed by atoms with Crippen LogP contribution in [0.5, 0.6) is 0 Å². The normalized spacial score (nSPS) is 16.1. The van der Waals surface area contributed by atoms with Crippen LogP contribution >= 0.6 is 22.7 Å². The smallest absolute Gasteiger partial charge is 0.262 e. The summed E-state index contributed by atoms with van der Waals surface area (Å²) < 4.78 is 3.31. The summed E-state index contributed by atoms with van der Waals surface area (Å²) >= 11 is 3.33. The molecule has 0 aromatic carbocycles. The molecule has 0 radical (unpaired) electrons. The molecule has 2 aliphatic rings. The largest absolute Gasteiger partial charge is 0.297 e. The van der Waals surface area contributed by atoms with E-state index in [1.165, 1.54) is 33.7 Å². The van der Waals surface area contributed by atoms with Crippen molar-refractivity contribution < 1.29 is 0 Å². The lowest BCUT2D eigenvalue weighted by molar-refractivity contribution is 0.547. The minimum Gasteiger partial charge on any atom is -0.297 e. The second-order valence-corrected chi connectivity index (χ2v) is 10.4. The van der Waals surface area contributed by atoms with E-state index in [0.29, 0.717) is 13.1 Å². The minimum absolute atomic E-state index is 0.0226. The molecule has 30 heavy (non-hydrogen) atoms. The van der Waals surface area contributed by atoms with Gasteiger partial charge in [-0.1, -0.05) is 0 Å². The third-order valence-corrected chi connectivity index (χ3v) is 8.87. The average Bonchev–Trinajstić information content (AvgIpc) is 3.33. The van der Waals surface area contributed by atoms with Gasteiger partial charge in [0.15, 0.2) is 0 Å². The van der Waals surface area contributed by atoms with Gasteiger partial charge in [0.05, 0.1) is 23.4 Å². The molecule has 4 heterocycles. The molecule has 0 atom stereocenters. The van der Waals surface area contributed by atoms with Gasteiger partial charge in [0.1, 0.15) is 9.66 Å². The molecule has 0 bridgehead atoms. The molecule has 0 unspecified atom stereocenters. The lowest BCUT2D eigenvalue weighted by Gasteiger charge is -2.11. The summed E-state index contributed by atoms with van der Waals surface area (Å²) in [7, 11) is 0. The van der Waals surface area contributed by atoms with Crippen molar-refractivity contribution in [3.8, 4) is 0 Å². The zero-order valence-electron chi connectivity index (χ0n) is 16.6. The van der Waals surface area contributed by atoms with E-state index in [1.807, 2.05) is 0 Å². The maximum Gasteiger partial charge on any atom is 0.262 e. The van der Waals surface area contributed by atoms with Crippen molar-refractivity contribution in [2.24, 2.45) is 0 Å². The summed E-state index contributed by atoms with van der Waals surface area (Å²) in [5.41, 5.74) is 2.46. The van der Waals surface area contributed by atoms with E-state index >= 15 is 0 Å². The number of hydrogen-bond acceptors (Lipinski definition) is 6. The summed E-state index contributed by atoms with van der Waals surface area (Å²) in [6, 6.07) is 0. The SMILES string of the molecule is O=c1c2c3c(sc2ncn1CCn1cnc2sc4c(c2c1=O)CCCC4)CCCC3. The quantitative estimate of drug-likeness (QED) is 0.489. The number of aryl methyl sites for hydroxylation is 6. The first-order valence-electron chi connectivity index (χ1n) is 10.7. The van der Waals surface area contributed by atoms with Crippen molar-refractivity contribution in [2.75, 3.05) is 0 Å². The lowest BCUT2D eigenvalue weighted by Crippen LogP contribution is -2.27. The first-order valence-corrected chi connectivity index (χ1v) is 12.3. The van der Waals surface area contributed by atoms with Crippen LogP contribution in [0.15, 0.2) is 22.2 Å². The van der Waals surface area contributed by atoms with Gasteiger partial charge in [-0.15, -0.1) is 22.7 Å². The summed E-state index contributed by atoms with van der Waals surface area (Å²) in [6.07, 6.45) is 12.0. The molecule has 0 spiro atoms. The summed E-state index contributed by atoms with van der Waals surface area (Å²) in [5, 5.41) is 1.59. The molecule has 2 aliphatic carbocycles. The number of fused-ring (bicyclic) bond motifs is 6. The van der Waals surface area contributed by atoms with Crippen molar-refractivity contribution in [1.82, 2.24) is 19.1 Å². The molecule has 8 heteroatoms.